The molecule has 1 aromatic carbocycles. The average Bonchev–Trinajstić information content (AvgIpc) is 2.10. The summed E-state index contributed by atoms with van der Waals surface area (Å²) in [5, 5.41) is 16.9. The lowest BCUT2D eigenvalue weighted by Gasteiger charge is -2.10. The fraction of sp³-hybridized carbons (Fsp3) is 0.143. The lowest BCUT2D eigenvalue weighted by Crippen LogP contribution is -2.20. The van der Waals surface area contributed by atoms with Gasteiger partial charge in [0.1, 0.15) is 10.8 Å². The van der Waals surface area contributed by atoms with Gasteiger partial charge in [0.15, 0.2) is 11.6 Å². The van der Waals surface area contributed by atoms with E-state index in [0.29, 0.717) is 0 Å². The van der Waals surface area contributed by atoms with Crippen molar-refractivity contribution >= 4 is 18.9 Å². The molecule has 1 aromatic rings. The minimum Gasteiger partial charge on any atom is -0.511 e. The number of methoxy groups -OCH3 is 1. The van der Waals surface area contributed by atoms with Crippen LogP contribution in [0.1, 0.15) is 0 Å². The highest BCUT2D eigenvalue weighted by Crippen LogP contribution is 2.35. The van der Waals surface area contributed by atoms with E-state index in [1.54, 1.807) is 0 Å². The molecule has 76 valence electrons. The third-order valence-electron chi connectivity index (χ3n) is 1.45. The molecule has 0 aliphatic rings. The minimum absolute atomic E-state index is 0.0695. The van der Waals surface area contributed by atoms with Crippen LogP contribution in [0.5, 0.6) is 11.5 Å². The van der Waals surface area contributed by atoms with Crippen molar-refractivity contribution in [2.24, 2.45) is 0 Å². The molecule has 0 heterocycles. The van der Waals surface area contributed by atoms with Gasteiger partial charge >= 0.3 is 7.32 Å². The molecule has 7 heteroatoms. The molecule has 0 aliphatic heterocycles. The Morgan fingerprint density at radius 1 is 1.43 bits per heavy atom. The first-order valence-corrected chi connectivity index (χ1v) is 3.99. The van der Waals surface area contributed by atoms with Crippen molar-refractivity contribution in [2.75, 3.05) is 7.11 Å². The average molecular weight is 220 g/mol. The monoisotopic (exact) mass is 220 g/mol. The Bertz CT molecular complexity index is 334. The minimum atomic E-state index is -2.01. The molecule has 0 spiro atoms. The van der Waals surface area contributed by atoms with Crippen LogP contribution in [0.2, 0.25) is 5.02 Å². The highest BCUT2D eigenvalue weighted by Gasteiger charge is 2.18. The third kappa shape index (κ3) is 2.28. The highest BCUT2D eigenvalue weighted by atomic mass is 35.5. The topological polar surface area (TPSA) is 58.9 Å². The maximum atomic E-state index is 13.0. The van der Waals surface area contributed by atoms with Gasteiger partial charge < -0.3 is 19.4 Å². The molecule has 4 nitrogen and oxygen atoms in total. The standard InChI is InChI=1S/C7H7BClFO4/c1-13-7-4(10)2-3-5(6(7)9)14-8(11)12/h2-3,11-12H,1H3. The van der Waals surface area contributed by atoms with Crippen LogP contribution in [0.3, 0.4) is 0 Å². The van der Waals surface area contributed by atoms with Crippen molar-refractivity contribution in [2.45, 2.75) is 0 Å². The Morgan fingerprint density at radius 2 is 2.07 bits per heavy atom. The zero-order valence-electron chi connectivity index (χ0n) is 7.20. The van der Waals surface area contributed by atoms with E-state index in [9.17, 15) is 4.39 Å². The predicted octanol–water partition coefficient (Wildman–Crippen LogP) is 0.836. The van der Waals surface area contributed by atoms with Crippen molar-refractivity contribution in [3.05, 3.63) is 23.0 Å². The Hall–Kier alpha value is -0.975. The molecule has 0 bridgehead atoms. The molecule has 0 amide bonds. The number of rotatable bonds is 3. The molecule has 2 N–H and O–H groups in total. The summed E-state index contributed by atoms with van der Waals surface area (Å²) in [6.45, 7) is 0. The molecule has 0 unspecified atom stereocenters. The molecule has 0 radical (unpaired) electrons. The molecule has 0 aromatic heterocycles. The zero-order chi connectivity index (χ0) is 10.7. The molecule has 14 heavy (non-hydrogen) atoms. The number of hydrogen-bond acceptors (Lipinski definition) is 4. The Morgan fingerprint density at radius 3 is 2.57 bits per heavy atom. The van der Waals surface area contributed by atoms with Crippen molar-refractivity contribution < 1.29 is 23.8 Å². The van der Waals surface area contributed by atoms with E-state index < -0.39 is 13.1 Å². The van der Waals surface area contributed by atoms with Gasteiger partial charge in [0, 0.05) is 0 Å². The van der Waals surface area contributed by atoms with Gasteiger partial charge in [-0.3, -0.25) is 0 Å². The molecule has 1 rings (SSSR count). The first-order valence-electron chi connectivity index (χ1n) is 3.61. The number of hydrogen-bond donors (Lipinski definition) is 2. The van der Waals surface area contributed by atoms with Gasteiger partial charge in [-0.25, -0.2) is 4.39 Å². The van der Waals surface area contributed by atoms with Crippen LogP contribution in [0.25, 0.3) is 0 Å². The predicted molar refractivity (Wildman–Crippen MR) is 48.8 cm³/mol. The zero-order valence-corrected chi connectivity index (χ0v) is 7.95. The van der Waals surface area contributed by atoms with E-state index in [0.717, 1.165) is 6.07 Å². The van der Waals surface area contributed by atoms with E-state index in [2.05, 4.69) is 9.39 Å². The van der Waals surface area contributed by atoms with E-state index in [1.807, 2.05) is 0 Å². The van der Waals surface area contributed by atoms with Crippen LogP contribution in [0.15, 0.2) is 12.1 Å². The van der Waals surface area contributed by atoms with Gasteiger partial charge in [-0.2, -0.15) is 0 Å². The molecule has 0 saturated carbocycles. The Balaban J connectivity index is 3.08. The number of benzene rings is 1. The lowest BCUT2D eigenvalue weighted by molar-refractivity contribution is 0.287. The normalized spacial score (nSPS) is 9.79. The van der Waals surface area contributed by atoms with Crippen LogP contribution in [-0.4, -0.2) is 24.5 Å². The molecular weight excluding hydrogens is 213 g/mol. The largest absolute Gasteiger partial charge is 0.707 e. The quantitative estimate of drug-likeness (QED) is 0.741. The van der Waals surface area contributed by atoms with Gasteiger partial charge in [-0.1, -0.05) is 11.6 Å². The van der Waals surface area contributed by atoms with Gasteiger partial charge in [0.05, 0.1) is 7.11 Å². The smallest absolute Gasteiger partial charge is 0.511 e. The second-order valence-corrected chi connectivity index (χ2v) is 2.71. The van der Waals surface area contributed by atoms with E-state index in [4.69, 9.17) is 21.6 Å². The van der Waals surface area contributed by atoms with Crippen LogP contribution >= 0.6 is 11.6 Å². The summed E-state index contributed by atoms with van der Waals surface area (Å²) in [6.07, 6.45) is 0. The Labute approximate surface area is 85.0 Å². The van der Waals surface area contributed by atoms with E-state index in [-0.39, 0.29) is 16.5 Å². The molecule has 0 fully saturated rings. The fourth-order valence-corrected chi connectivity index (χ4v) is 1.18. The molecule has 0 atom stereocenters. The first kappa shape index (κ1) is 11.1. The van der Waals surface area contributed by atoms with Crippen molar-refractivity contribution in [3.8, 4) is 11.5 Å². The number of ether oxygens (including phenoxy) is 1. The van der Waals surface area contributed by atoms with Crippen molar-refractivity contribution in [1.82, 2.24) is 0 Å². The second-order valence-electron chi connectivity index (χ2n) is 2.34. The van der Waals surface area contributed by atoms with Crippen molar-refractivity contribution in [3.63, 3.8) is 0 Å². The maximum Gasteiger partial charge on any atom is 0.707 e. The lowest BCUT2D eigenvalue weighted by atomic mass is 10.2. The first-order chi connectivity index (χ1) is 6.56. The van der Waals surface area contributed by atoms with Gasteiger partial charge in [0.2, 0.25) is 0 Å². The molecular formula is C7H7BClFO4. The second kappa shape index (κ2) is 4.50. The van der Waals surface area contributed by atoms with Crippen LogP contribution < -0.4 is 9.39 Å². The summed E-state index contributed by atoms with van der Waals surface area (Å²) in [5.41, 5.74) is 0. The Kier molecular flexibility index (Phi) is 3.57. The van der Waals surface area contributed by atoms with Gasteiger partial charge in [-0.15, -0.1) is 0 Å². The fourth-order valence-electron chi connectivity index (χ4n) is 0.906. The summed E-state index contributed by atoms with van der Waals surface area (Å²) in [5.74, 6) is -0.929. The highest BCUT2D eigenvalue weighted by molar-refractivity contribution is 6.36. The summed E-state index contributed by atoms with van der Waals surface area (Å²) in [6, 6.07) is 2.21. The van der Waals surface area contributed by atoms with Crippen LogP contribution in [0, 0.1) is 5.82 Å². The maximum absolute atomic E-state index is 13.0. The van der Waals surface area contributed by atoms with Gasteiger partial charge in [0.25, 0.3) is 0 Å². The van der Waals surface area contributed by atoms with Crippen LogP contribution in [-0.2, 0) is 0 Å². The van der Waals surface area contributed by atoms with E-state index in [1.165, 1.54) is 13.2 Å². The van der Waals surface area contributed by atoms with E-state index >= 15 is 0 Å². The third-order valence-corrected chi connectivity index (χ3v) is 1.81. The van der Waals surface area contributed by atoms with Crippen LogP contribution in [0.4, 0.5) is 4.39 Å². The summed E-state index contributed by atoms with van der Waals surface area (Å²) in [4.78, 5) is 0. The summed E-state index contributed by atoms with van der Waals surface area (Å²) >= 11 is 5.65. The molecule has 0 saturated heterocycles. The van der Waals surface area contributed by atoms with Crippen molar-refractivity contribution in [1.29, 1.82) is 0 Å². The summed E-state index contributed by atoms with van der Waals surface area (Å²) < 4.78 is 22.1. The summed E-state index contributed by atoms with van der Waals surface area (Å²) in [7, 11) is -0.772. The molecule has 0 aliphatic carbocycles. The van der Waals surface area contributed by atoms with Gasteiger partial charge in [-0.05, 0) is 12.1 Å². The SMILES string of the molecule is COc1c(F)ccc(OB(O)O)c1Cl. The number of halogens is 2.